The van der Waals surface area contributed by atoms with Crippen molar-refractivity contribution in [1.29, 1.82) is 0 Å². The first-order valence-electron chi connectivity index (χ1n) is 11.1. The van der Waals surface area contributed by atoms with Gasteiger partial charge in [-0.05, 0) is 31.3 Å². The predicted molar refractivity (Wildman–Crippen MR) is 140 cm³/mol. The lowest BCUT2D eigenvalue weighted by Gasteiger charge is -2.24. The number of aromatic nitrogens is 2. The number of aliphatic imine (C=N–C) groups is 1. The molecule has 1 heterocycles. The summed E-state index contributed by atoms with van der Waals surface area (Å²) in [5, 5.41) is 17.0. The standard InChI is InChI=1S/C20H35N9O5S2/c1-36-6-4-13(27-16(30)12(21)3-2-5-25-20(22)23)17(31)29-15(9-35)18(32)28-14(19(33)34)7-11-8-24-10-26-11/h8,10,12-15,35H,2-7,9,21H2,1H3,(H,24,26)(H,27,30)(H,28,32)(H,29,31)(H,33,34)(H4,22,23,25). The van der Waals surface area contributed by atoms with E-state index in [1.165, 1.54) is 24.3 Å². The topological polar surface area (TPSA) is 244 Å². The highest BCUT2D eigenvalue weighted by Gasteiger charge is 2.29. The van der Waals surface area contributed by atoms with E-state index in [2.05, 4.69) is 43.5 Å². The van der Waals surface area contributed by atoms with Gasteiger partial charge in [-0.15, -0.1) is 0 Å². The summed E-state index contributed by atoms with van der Waals surface area (Å²) in [6, 6.07) is -4.22. The summed E-state index contributed by atoms with van der Waals surface area (Å²) in [7, 11) is 0. The summed E-state index contributed by atoms with van der Waals surface area (Å²) >= 11 is 5.60. The molecule has 1 aromatic heterocycles. The van der Waals surface area contributed by atoms with Gasteiger partial charge >= 0.3 is 5.97 Å². The lowest BCUT2D eigenvalue weighted by atomic mass is 10.1. The van der Waals surface area contributed by atoms with Crippen LogP contribution in [0.1, 0.15) is 25.0 Å². The molecule has 0 bridgehead atoms. The number of carboxylic acid groups (broad SMARTS) is 1. The number of hydrogen-bond acceptors (Lipinski definition) is 9. The van der Waals surface area contributed by atoms with E-state index >= 15 is 0 Å². The van der Waals surface area contributed by atoms with Crippen LogP contribution in [-0.2, 0) is 25.6 Å². The van der Waals surface area contributed by atoms with Crippen LogP contribution in [0.2, 0.25) is 0 Å². The highest BCUT2D eigenvalue weighted by atomic mass is 32.2. The first-order chi connectivity index (χ1) is 17.1. The highest BCUT2D eigenvalue weighted by Crippen LogP contribution is 2.05. The molecule has 0 aliphatic rings. The molecule has 4 atom stereocenters. The number of amides is 3. The van der Waals surface area contributed by atoms with Crippen LogP contribution in [0.25, 0.3) is 0 Å². The van der Waals surface area contributed by atoms with Gasteiger partial charge in [0.25, 0.3) is 0 Å². The molecular weight excluding hydrogens is 510 g/mol. The number of rotatable bonds is 17. The molecule has 0 saturated heterocycles. The van der Waals surface area contributed by atoms with E-state index in [0.717, 1.165) is 0 Å². The van der Waals surface area contributed by atoms with E-state index < -0.39 is 47.9 Å². The van der Waals surface area contributed by atoms with Crippen molar-refractivity contribution in [3.63, 3.8) is 0 Å². The molecule has 4 unspecified atom stereocenters. The van der Waals surface area contributed by atoms with Gasteiger partial charge < -0.3 is 43.2 Å². The number of thioether (sulfide) groups is 1. The summed E-state index contributed by atoms with van der Waals surface area (Å²) in [6.45, 7) is 0.316. The van der Waals surface area contributed by atoms with E-state index in [9.17, 15) is 24.3 Å². The third kappa shape index (κ3) is 11.6. The van der Waals surface area contributed by atoms with Gasteiger partial charge in [0.1, 0.15) is 18.1 Å². The lowest BCUT2D eigenvalue weighted by Crippen LogP contribution is -2.58. The summed E-state index contributed by atoms with van der Waals surface area (Å²) in [5.74, 6) is -2.71. The monoisotopic (exact) mass is 545 g/mol. The number of nitrogens with one attached hydrogen (secondary N) is 4. The number of nitrogens with zero attached hydrogens (tertiary/aromatic N) is 2. The number of nitrogens with two attached hydrogens (primary N) is 3. The summed E-state index contributed by atoms with van der Waals surface area (Å²) in [6.07, 6.45) is 5.73. The van der Waals surface area contributed by atoms with Crippen LogP contribution >= 0.6 is 24.4 Å². The molecule has 1 aromatic rings. The van der Waals surface area contributed by atoms with Gasteiger partial charge in [0.05, 0.1) is 12.4 Å². The van der Waals surface area contributed by atoms with Crippen molar-refractivity contribution in [3.05, 3.63) is 18.2 Å². The van der Waals surface area contributed by atoms with Crippen LogP contribution in [0, 0.1) is 0 Å². The van der Waals surface area contributed by atoms with E-state index in [1.54, 1.807) is 0 Å². The fourth-order valence-corrected chi connectivity index (χ4v) is 3.72. The van der Waals surface area contributed by atoms with Crippen LogP contribution in [0.5, 0.6) is 0 Å². The van der Waals surface area contributed by atoms with Gasteiger partial charge in [-0.2, -0.15) is 24.4 Å². The number of aliphatic carboxylic acids is 1. The van der Waals surface area contributed by atoms with E-state index in [1.807, 2.05) is 6.26 Å². The maximum atomic E-state index is 12.9. The van der Waals surface area contributed by atoms with Crippen molar-refractivity contribution in [3.8, 4) is 0 Å². The molecule has 0 aliphatic heterocycles. The number of carbonyl (C=O) groups is 4. The van der Waals surface area contributed by atoms with Crippen molar-refractivity contribution >= 4 is 54.0 Å². The Kier molecular flexibility index (Phi) is 14.4. The van der Waals surface area contributed by atoms with E-state index in [-0.39, 0.29) is 24.6 Å². The maximum Gasteiger partial charge on any atom is 0.326 e. The third-order valence-electron chi connectivity index (χ3n) is 4.96. The average Bonchev–Trinajstić information content (AvgIpc) is 3.34. The zero-order valence-corrected chi connectivity index (χ0v) is 21.7. The third-order valence-corrected chi connectivity index (χ3v) is 5.97. The van der Waals surface area contributed by atoms with Gasteiger partial charge in [-0.1, -0.05) is 0 Å². The van der Waals surface area contributed by atoms with Crippen molar-refractivity contribution in [1.82, 2.24) is 25.9 Å². The van der Waals surface area contributed by atoms with Gasteiger partial charge in [0.2, 0.25) is 17.7 Å². The molecule has 202 valence electrons. The molecule has 0 saturated carbocycles. The molecule has 11 N–H and O–H groups in total. The van der Waals surface area contributed by atoms with Crippen LogP contribution < -0.4 is 33.2 Å². The Bertz CT molecular complexity index is 881. The van der Waals surface area contributed by atoms with Crippen LogP contribution in [0.15, 0.2) is 17.5 Å². The zero-order valence-electron chi connectivity index (χ0n) is 20.0. The number of carbonyl (C=O) groups excluding carboxylic acids is 3. The first kappa shape index (κ1) is 31.1. The first-order valence-corrected chi connectivity index (χ1v) is 13.1. The minimum absolute atomic E-state index is 0.0260. The molecule has 16 heteroatoms. The molecule has 0 spiro atoms. The molecular formula is C20H35N9O5S2. The SMILES string of the molecule is CSCCC(NC(=O)C(N)CCCN=C(N)N)C(=O)NC(CS)C(=O)NC(Cc1cnc[nH]1)C(=O)O. The zero-order chi connectivity index (χ0) is 27.1. The second kappa shape index (κ2) is 16.6. The number of H-pyrrole nitrogens is 1. The second-order valence-corrected chi connectivity index (χ2v) is 9.17. The molecule has 3 amide bonds. The number of thiol groups is 1. The van der Waals surface area contributed by atoms with Crippen LogP contribution in [-0.4, -0.2) is 93.2 Å². The Hall–Kier alpha value is -2.98. The van der Waals surface area contributed by atoms with Crippen molar-refractivity contribution in [2.24, 2.45) is 22.2 Å². The van der Waals surface area contributed by atoms with Crippen molar-refractivity contribution in [2.75, 3.05) is 24.3 Å². The second-order valence-electron chi connectivity index (χ2n) is 7.82. The highest BCUT2D eigenvalue weighted by molar-refractivity contribution is 7.98. The van der Waals surface area contributed by atoms with Gasteiger partial charge in [0, 0.05) is 30.6 Å². The summed E-state index contributed by atoms with van der Waals surface area (Å²) in [5.41, 5.74) is 17.0. The van der Waals surface area contributed by atoms with Gasteiger partial charge in [0.15, 0.2) is 5.96 Å². The number of guanidine groups is 1. The normalized spacial score (nSPS) is 14.1. The average molecular weight is 546 g/mol. The molecule has 0 aromatic carbocycles. The fraction of sp³-hybridized carbons (Fsp3) is 0.600. The number of imidazole rings is 1. The molecule has 0 aliphatic carbocycles. The molecule has 0 fully saturated rings. The molecule has 0 radical (unpaired) electrons. The quantitative estimate of drug-likeness (QED) is 0.0433. The van der Waals surface area contributed by atoms with Crippen molar-refractivity contribution in [2.45, 2.75) is 49.9 Å². The fourth-order valence-electron chi connectivity index (χ4n) is 2.99. The Labute approximate surface area is 218 Å². The molecule has 14 nitrogen and oxygen atoms in total. The lowest BCUT2D eigenvalue weighted by molar-refractivity contribution is -0.142. The van der Waals surface area contributed by atoms with Gasteiger partial charge in [-0.25, -0.2) is 9.78 Å². The largest absolute Gasteiger partial charge is 0.480 e. The van der Waals surface area contributed by atoms with Crippen LogP contribution in [0.4, 0.5) is 0 Å². The number of hydrogen-bond donors (Lipinski definition) is 9. The van der Waals surface area contributed by atoms with Gasteiger partial charge in [-0.3, -0.25) is 19.4 Å². The summed E-state index contributed by atoms with van der Waals surface area (Å²) in [4.78, 5) is 60.2. The van der Waals surface area contributed by atoms with Crippen LogP contribution in [0.3, 0.4) is 0 Å². The van der Waals surface area contributed by atoms with E-state index in [0.29, 0.717) is 30.8 Å². The summed E-state index contributed by atoms with van der Waals surface area (Å²) < 4.78 is 0. The number of aromatic amines is 1. The van der Waals surface area contributed by atoms with Crippen molar-refractivity contribution < 1.29 is 24.3 Å². The Balaban J connectivity index is 2.76. The smallest absolute Gasteiger partial charge is 0.326 e. The minimum Gasteiger partial charge on any atom is -0.480 e. The molecule has 1 rings (SSSR count). The minimum atomic E-state index is -1.25. The Morgan fingerprint density at radius 3 is 2.31 bits per heavy atom. The predicted octanol–water partition coefficient (Wildman–Crippen LogP) is -2.44. The Morgan fingerprint density at radius 1 is 1.11 bits per heavy atom. The number of carboxylic acids is 1. The Morgan fingerprint density at radius 2 is 1.75 bits per heavy atom. The molecule has 36 heavy (non-hydrogen) atoms. The van der Waals surface area contributed by atoms with E-state index in [4.69, 9.17) is 17.2 Å². The maximum absolute atomic E-state index is 12.9.